The molecule has 0 atom stereocenters. The molecule has 3 aromatic heterocycles. The zero-order valence-electron chi connectivity index (χ0n) is 12.8. The minimum absolute atomic E-state index is 0.407. The Hall–Kier alpha value is -1.90. The molecule has 0 bridgehead atoms. The number of nitrogens with zero attached hydrogens (tertiary/aromatic N) is 3. The highest BCUT2D eigenvalue weighted by atomic mass is 14.9. The van der Waals surface area contributed by atoms with Crippen LogP contribution in [0.3, 0.4) is 0 Å². The fourth-order valence-electron chi connectivity index (χ4n) is 3.01. The van der Waals surface area contributed by atoms with Gasteiger partial charge in [0.05, 0.1) is 22.4 Å². The number of aryl methyl sites for hydroxylation is 1. The summed E-state index contributed by atoms with van der Waals surface area (Å²) in [6, 6.07) is 4.20. The van der Waals surface area contributed by atoms with Crippen LogP contribution in [0.15, 0.2) is 24.5 Å². The van der Waals surface area contributed by atoms with E-state index in [0.717, 1.165) is 0 Å². The zero-order chi connectivity index (χ0) is 14.4. The third-order valence-corrected chi connectivity index (χ3v) is 3.98. The maximum Gasteiger partial charge on any atom is 0.0529 e. The first-order valence-corrected chi connectivity index (χ1v) is 7.24. The van der Waals surface area contributed by atoms with Crippen LogP contribution in [0.1, 0.15) is 50.9 Å². The van der Waals surface area contributed by atoms with E-state index in [-0.39, 0.29) is 0 Å². The van der Waals surface area contributed by atoms with Gasteiger partial charge in [-0.15, -0.1) is 0 Å². The first-order chi connectivity index (χ1) is 9.52. The van der Waals surface area contributed by atoms with Crippen molar-refractivity contribution in [2.24, 2.45) is 7.05 Å². The third kappa shape index (κ3) is 1.73. The van der Waals surface area contributed by atoms with Crippen molar-refractivity contribution in [1.82, 2.24) is 14.5 Å². The Morgan fingerprint density at radius 1 is 0.800 bits per heavy atom. The van der Waals surface area contributed by atoms with Gasteiger partial charge in [0.2, 0.25) is 0 Å². The van der Waals surface area contributed by atoms with Gasteiger partial charge in [-0.2, -0.15) is 0 Å². The van der Waals surface area contributed by atoms with Crippen molar-refractivity contribution >= 4 is 21.8 Å². The largest absolute Gasteiger partial charge is 0.343 e. The number of hydrogen-bond acceptors (Lipinski definition) is 2. The molecule has 3 heterocycles. The van der Waals surface area contributed by atoms with Gasteiger partial charge in [-0.25, -0.2) is 0 Å². The first-order valence-electron chi connectivity index (χ1n) is 7.24. The van der Waals surface area contributed by atoms with Crippen LogP contribution in [0.2, 0.25) is 0 Å². The Morgan fingerprint density at radius 3 is 1.55 bits per heavy atom. The van der Waals surface area contributed by atoms with Gasteiger partial charge in [0.15, 0.2) is 0 Å². The van der Waals surface area contributed by atoms with Gasteiger partial charge >= 0.3 is 0 Å². The van der Waals surface area contributed by atoms with Crippen molar-refractivity contribution in [2.45, 2.75) is 39.5 Å². The maximum atomic E-state index is 4.63. The highest BCUT2D eigenvalue weighted by Crippen LogP contribution is 2.36. The highest BCUT2D eigenvalue weighted by molar-refractivity contribution is 6.10. The molecule has 0 fully saturated rings. The summed E-state index contributed by atoms with van der Waals surface area (Å²) in [7, 11) is 2.12. The van der Waals surface area contributed by atoms with Crippen LogP contribution in [0.4, 0.5) is 0 Å². The molecule has 0 radical (unpaired) electrons. The predicted octanol–water partition coefficient (Wildman–Crippen LogP) is 4.37. The van der Waals surface area contributed by atoms with E-state index in [4.69, 9.17) is 0 Å². The molecule has 0 aliphatic rings. The average molecular weight is 267 g/mol. The van der Waals surface area contributed by atoms with Crippen molar-refractivity contribution in [3.63, 3.8) is 0 Å². The Bertz CT molecular complexity index is 716. The Labute approximate surface area is 119 Å². The van der Waals surface area contributed by atoms with Crippen LogP contribution in [0.5, 0.6) is 0 Å². The summed E-state index contributed by atoms with van der Waals surface area (Å²) in [4.78, 5) is 9.26. The minimum atomic E-state index is 0.407. The molecule has 0 saturated carbocycles. The van der Waals surface area contributed by atoms with E-state index in [1.807, 2.05) is 12.4 Å². The smallest absolute Gasteiger partial charge is 0.0529 e. The van der Waals surface area contributed by atoms with Gasteiger partial charge in [0, 0.05) is 30.2 Å². The van der Waals surface area contributed by atoms with Gasteiger partial charge in [-0.05, 0) is 24.0 Å². The fraction of sp³-hybridized carbons (Fsp3) is 0.412. The Kier molecular flexibility index (Phi) is 3.00. The second kappa shape index (κ2) is 4.58. The third-order valence-electron chi connectivity index (χ3n) is 3.98. The lowest BCUT2D eigenvalue weighted by Gasteiger charge is -2.09. The summed E-state index contributed by atoms with van der Waals surface area (Å²) >= 11 is 0. The summed E-state index contributed by atoms with van der Waals surface area (Å²) in [5, 5.41) is 2.55. The van der Waals surface area contributed by atoms with Gasteiger partial charge < -0.3 is 4.57 Å². The molecule has 0 N–H and O–H groups in total. The molecule has 3 aromatic rings. The molecule has 3 rings (SSSR count). The number of pyridine rings is 2. The fourth-order valence-corrected chi connectivity index (χ4v) is 3.01. The van der Waals surface area contributed by atoms with E-state index < -0.39 is 0 Å². The van der Waals surface area contributed by atoms with E-state index in [0.29, 0.717) is 11.8 Å². The highest BCUT2D eigenvalue weighted by Gasteiger charge is 2.19. The van der Waals surface area contributed by atoms with Gasteiger partial charge in [-0.3, -0.25) is 9.97 Å². The van der Waals surface area contributed by atoms with E-state index in [1.54, 1.807) is 0 Å². The molecule has 104 valence electrons. The van der Waals surface area contributed by atoms with Gasteiger partial charge in [0.1, 0.15) is 0 Å². The molecular formula is C17H21N3. The van der Waals surface area contributed by atoms with Crippen LogP contribution in [-0.2, 0) is 7.05 Å². The Balaban J connectivity index is 2.59. The van der Waals surface area contributed by atoms with Crippen LogP contribution in [0.25, 0.3) is 21.8 Å². The summed E-state index contributed by atoms with van der Waals surface area (Å²) < 4.78 is 2.26. The molecule has 0 amide bonds. The molecular weight excluding hydrogens is 246 g/mol. The number of hydrogen-bond donors (Lipinski definition) is 0. The van der Waals surface area contributed by atoms with Crippen molar-refractivity contribution in [3.05, 3.63) is 35.9 Å². The molecule has 3 nitrogen and oxygen atoms in total. The Morgan fingerprint density at radius 2 is 1.20 bits per heavy atom. The lowest BCUT2D eigenvalue weighted by atomic mass is 9.99. The van der Waals surface area contributed by atoms with Crippen molar-refractivity contribution < 1.29 is 0 Å². The monoisotopic (exact) mass is 267 g/mol. The molecule has 3 heteroatoms. The number of fused-ring (bicyclic) bond motifs is 3. The molecule has 0 aromatic carbocycles. The maximum absolute atomic E-state index is 4.63. The summed E-state index contributed by atoms with van der Waals surface area (Å²) in [6.07, 6.45) is 3.83. The van der Waals surface area contributed by atoms with Crippen LogP contribution < -0.4 is 0 Å². The normalized spacial score (nSPS) is 12.2. The second-order valence-electron chi connectivity index (χ2n) is 6.05. The first kappa shape index (κ1) is 13.1. The quantitative estimate of drug-likeness (QED) is 0.690. The molecule has 0 saturated heterocycles. The summed E-state index contributed by atoms with van der Waals surface area (Å²) in [5.41, 5.74) is 4.83. The number of aromatic nitrogens is 3. The standard InChI is InChI=1S/C17H21N3/c1-10(2)16-14-12(6-8-18-16)20(5)13-7-9-19-17(11(3)4)15(13)14/h6-11H,1-5H3. The minimum Gasteiger partial charge on any atom is -0.343 e. The van der Waals surface area contributed by atoms with Crippen molar-refractivity contribution in [1.29, 1.82) is 0 Å². The van der Waals surface area contributed by atoms with Crippen LogP contribution in [-0.4, -0.2) is 14.5 Å². The van der Waals surface area contributed by atoms with Gasteiger partial charge in [0.25, 0.3) is 0 Å². The zero-order valence-corrected chi connectivity index (χ0v) is 12.8. The van der Waals surface area contributed by atoms with E-state index in [1.165, 1.54) is 33.2 Å². The lowest BCUT2D eigenvalue weighted by Crippen LogP contribution is -1.96. The lowest BCUT2D eigenvalue weighted by molar-refractivity contribution is 0.828. The van der Waals surface area contributed by atoms with Crippen LogP contribution >= 0.6 is 0 Å². The van der Waals surface area contributed by atoms with E-state index >= 15 is 0 Å². The predicted molar refractivity (Wildman–Crippen MR) is 84.2 cm³/mol. The molecule has 20 heavy (non-hydrogen) atoms. The summed E-state index contributed by atoms with van der Waals surface area (Å²) in [5.74, 6) is 0.814. The molecule has 0 aliphatic heterocycles. The SMILES string of the molecule is CC(C)c1nccc2c1c1c(C(C)C)nccc1n2C. The molecule has 0 aliphatic carbocycles. The average Bonchev–Trinajstić information content (AvgIpc) is 2.72. The van der Waals surface area contributed by atoms with Crippen molar-refractivity contribution in [3.8, 4) is 0 Å². The number of rotatable bonds is 2. The van der Waals surface area contributed by atoms with E-state index in [2.05, 4.69) is 61.4 Å². The van der Waals surface area contributed by atoms with Gasteiger partial charge in [-0.1, -0.05) is 27.7 Å². The topological polar surface area (TPSA) is 30.7 Å². The van der Waals surface area contributed by atoms with Crippen molar-refractivity contribution in [2.75, 3.05) is 0 Å². The second-order valence-corrected chi connectivity index (χ2v) is 6.05. The van der Waals surface area contributed by atoms with E-state index in [9.17, 15) is 0 Å². The molecule has 0 unspecified atom stereocenters. The molecule has 0 spiro atoms. The van der Waals surface area contributed by atoms with Crippen LogP contribution in [0, 0.1) is 0 Å². The summed E-state index contributed by atoms with van der Waals surface area (Å²) in [6.45, 7) is 8.80.